The van der Waals surface area contributed by atoms with Crippen molar-refractivity contribution in [3.05, 3.63) is 154 Å². The molecule has 2 amide bonds. The van der Waals surface area contributed by atoms with Gasteiger partial charge in [-0.25, -0.2) is 9.18 Å². The first-order chi connectivity index (χ1) is 20.9. The van der Waals surface area contributed by atoms with Crippen molar-refractivity contribution in [1.29, 1.82) is 0 Å². The van der Waals surface area contributed by atoms with Crippen LogP contribution in [0.25, 0.3) is 0 Å². The third kappa shape index (κ3) is 6.56. The minimum absolute atomic E-state index is 0.0622. The van der Waals surface area contributed by atoms with Crippen molar-refractivity contribution in [2.75, 3.05) is 6.61 Å². The fourth-order valence-corrected chi connectivity index (χ4v) is 5.51. The van der Waals surface area contributed by atoms with Crippen molar-refractivity contribution < 1.29 is 23.5 Å². The molecule has 0 radical (unpaired) electrons. The Hall–Kier alpha value is -5.04. The first-order valence-corrected chi connectivity index (χ1v) is 14.3. The first-order valence-electron chi connectivity index (χ1n) is 14.3. The molecule has 1 atom stereocenters. The normalized spacial score (nSPS) is 15.0. The van der Waals surface area contributed by atoms with E-state index >= 15 is 0 Å². The standard InChI is InChI=1S/C36H33FN2O4/c1-3-43-36(42)33-24(2)39(32(40)22-30(33)29-16-10-11-17-31(29)37)23-25-18-20-28(21-19-25)35(41)38-34(26-12-6-4-7-13-26)27-14-8-5-9-15-27/h4-21,30,34H,3,22-23H2,1-2H3,(H,38,41). The van der Waals surface area contributed by atoms with Crippen LogP contribution in [0.15, 0.2) is 120 Å². The van der Waals surface area contributed by atoms with Crippen LogP contribution in [-0.2, 0) is 20.9 Å². The monoisotopic (exact) mass is 576 g/mol. The predicted octanol–water partition coefficient (Wildman–Crippen LogP) is 6.70. The highest BCUT2D eigenvalue weighted by Crippen LogP contribution is 2.38. The van der Waals surface area contributed by atoms with Gasteiger partial charge in [-0.1, -0.05) is 91.0 Å². The molecule has 1 unspecified atom stereocenters. The summed E-state index contributed by atoms with van der Waals surface area (Å²) in [7, 11) is 0. The number of rotatable bonds is 9. The van der Waals surface area contributed by atoms with Crippen molar-refractivity contribution in [3.63, 3.8) is 0 Å². The molecule has 0 aliphatic carbocycles. The molecule has 5 rings (SSSR count). The van der Waals surface area contributed by atoms with E-state index in [0.717, 1.165) is 16.7 Å². The molecule has 1 aliphatic rings. The van der Waals surface area contributed by atoms with E-state index in [9.17, 15) is 18.8 Å². The van der Waals surface area contributed by atoms with Gasteiger partial charge >= 0.3 is 5.97 Å². The molecule has 4 aromatic rings. The third-order valence-corrected chi connectivity index (χ3v) is 7.70. The van der Waals surface area contributed by atoms with E-state index in [2.05, 4.69) is 5.32 Å². The van der Waals surface area contributed by atoms with Crippen LogP contribution in [0.1, 0.15) is 64.8 Å². The SMILES string of the molecule is CCOC(=O)C1=C(C)N(Cc2ccc(C(=O)NC(c3ccccc3)c3ccccc3)cc2)C(=O)CC1c1ccccc1F. The number of carbonyl (C=O) groups is 3. The van der Waals surface area contributed by atoms with Gasteiger partial charge in [0.2, 0.25) is 5.91 Å². The molecule has 7 heteroatoms. The van der Waals surface area contributed by atoms with Gasteiger partial charge < -0.3 is 15.0 Å². The second-order valence-electron chi connectivity index (χ2n) is 10.4. The molecule has 4 aromatic carbocycles. The quantitative estimate of drug-likeness (QED) is 0.225. The van der Waals surface area contributed by atoms with Crippen molar-refractivity contribution in [2.45, 2.75) is 38.8 Å². The van der Waals surface area contributed by atoms with Crippen LogP contribution in [0.3, 0.4) is 0 Å². The molecular formula is C36H33FN2O4. The minimum atomic E-state index is -0.739. The van der Waals surface area contributed by atoms with Gasteiger partial charge in [0.05, 0.1) is 24.8 Å². The Morgan fingerprint density at radius 3 is 2.05 bits per heavy atom. The number of hydrogen-bond acceptors (Lipinski definition) is 4. The Bertz CT molecular complexity index is 1600. The zero-order valence-electron chi connectivity index (χ0n) is 24.1. The van der Waals surface area contributed by atoms with Gasteiger partial charge in [0.25, 0.3) is 5.91 Å². The molecule has 0 saturated carbocycles. The van der Waals surface area contributed by atoms with Crippen LogP contribution in [0.4, 0.5) is 4.39 Å². The molecule has 0 spiro atoms. The van der Waals surface area contributed by atoms with Crippen LogP contribution in [-0.4, -0.2) is 29.3 Å². The summed E-state index contributed by atoms with van der Waals surface area (Å²) in [6, 6.07) is 32.4. The number of carbonyl (C=O) groups excluding carboxylic acids is 3. The third-order valence-electron chi connectivity index (χ3n) is 7.70. The highest BCUT2D eigenvalue weighted by atomic mass is 19.1. The lowest BCUT2D eigenvalue weighted by atomic mass is 9.83. The summed E-state index contributed by atoms with van der Waals surface area (Å²) in [6.07, 6.45) is -0.0622. The number of nitrogens with one attached hydrogen (secondary N) is 1. The van der Waals surface area contributed by atoms with Gasteiger partial charge in [0.15, 0.2) is 0 Å². The topological polar surface area (TPSA) is 75.7 Å². The molecule has 0 fully saturated rings. The molecule has 218 valence electrons. The Kier molecular flexibility index (Phi) is 9.11. The minimum Gasteiger partial charge on any atom is -0.463 e. The summed E-state index contributed by atoms with van der Waals surface area (Å²) >= 11 is 0. The van der Waals surface area contributed by atoms with Crippen molar-refractivity contribution >= 4 is 17.8 Å². The lowest BCUT2D eigenvalue weighted by Gasteiger charge is -2.34. The molecule has 6 nitrogen and oxygen atoms in total. The van der Waals surface area contributed by atoms with Crippen LogP contribution >= 0.6 is 0 Å². The largest absolute Gasteiger partial charge is 0.463 e. The number of amides is 2. The van der Waals surface area contributed by atoms with E-state index in [-0.39, 0.29) is 48.6 Å². The summed E-state index contributed by atoms with van der Waals surface area (Å²) in [5.74, 6) is -2.23. The predicted molar refractivity (Wildman–Crippen MR) is 162 cm³/mol. The van der Waals surface area contributed by atoms with Gasteiger partial charge in [-0.15, -0.1) is 0 Å². The first kappa shape index (κ1) is 29.5. The van der Waals surface area contributed by atoms with E-state index in [4.69, 9.17) is 4.74 Å². The molecule has 0 saturated heterocycles. The van der Waals surface area contributed by atoms with Gasteiger partial charge in [0.1, 0.15) is 5.82 Å². The maximum Gasteiger partial charge on any atom is 0.336 e. The van der Waals surface area contributed by atoms with E-state index in [1.807, 2.05) is 60.7 Å². The maximum absolute atomic E-state index is 14.7. The maximum atomic E-state index is 14.7. The Morgan fingerprint density at radius 1 is 0.884 bits per heavy atom. The van der Waals surface area contributed by atoms with E-state index in [1.165, 1.54) is 11.0 Å². The molecule has 1 heterocycles. The van der Waals surface area contributed by atoms with E-state index in [0.29, 0.717) is 11.3 Å². The highest BCUT2D eigenvalue weighted by Gasteiger charge is 2.38. The van der Waals surface area contributed by atoms with Crippen LogP contribution in [0, 0.1) is 5.82 Å². The molecule has 1 aliphatic heterocycles. The lowest BCUT2D eigenvalue weighted by molar-refractivity contribution is -0.140. The highest BCUT2D eigenvalue weighted by molar-refractivity contribution is 5.96. The van der Waals surface area contributed by atoms with Gasteiger partial charge in [0, 0.05) is 23.6 Å². The van der Waals surface area contributed by atoms with Gasteiger partial charge in [-0.05, 0) is 54.3 Å². The van der Waals surface area contributed by atoms with Gasteiger partial charge in [-0.2, -0.15) is 0 Å². The summed E-state index contributed by atoms with van der Waals surface area (Å²) in [5.41, 5.74) is 4.18. The second kappa shape index (κ2) is 13.3. The van der Waals surface area contributed by atoms with Crippen molar-refractivity contribution in [1.82, 2.24) is 10.2 Å². The smallest absolute Gasteiger partial charge is 0.336 e. The molecule has 43 heavy (non-hydrogen) atoms. The fourth-order valence-electron chi connectivity index (χ4n) is 5.51. The Balaban J connectivity index is 1.37. The Morgan fingerprint density at radius 2 is 1.47 bits per heavy atom. The Labute approximate surface area is 250 Å². The lowest BCUT2D eigenvalue weighted by Crippen LogP contribution is -2.38. The van der Waals surface area contributed by atoms with Crippen molar-refractivity contribution in [3.8, 4) is 0 Å². The summed E-state index contributed by atoms with van der Waals surface area (Å²) in [5, 5.41) is 3.14. The number of allylic oxidation sites excluding steroid dienone is 1. The molecule has 0 aromatic heterocycles. The molecule has 0 bridgehead atoms. The number of hydrogen-bond donors (Lipinski definition) is 1. The number of ether oxygens (including phenoxy) is 1. The average molecular weight is 577 g/mol. The number of halogens is 1. The van der Waals surface area contributed by atoms with Crippen LogP contribution < -0.4 is 5.32 Å². The zero-order chi connectivity index (χ0) is 30.3. The van der Waals surface area contributed by atoms with E-state index < -0.39 is 17.7 Å². The van der Waals surface area contributed by atoms with Gasteiger partial charge in [-0.3, -0.25) is 9.59 Å². The van der Waals surface area contributed by atoms with E-state index in [1.54, 1.807) is 56.3 Å². The average Bonchev–Trinajstić information content (AvgIpc) is 3.03. The van der Waals surface area contributed by atoms with Crippen molar-refractivity contribution in [2.24, 2.45) is 0 Å². The number of esters is 1. The second-order valence-corrected chi connectivity index (χ2v) is 10.4. The van der Waals surface area contributed by atoms with Crippen LogP contribution in [0.2, 0.25) is 0 Å². The summed E-state index contributed by atoms with van der Waals surface area (Å²) < 4.78 is 20.1. The zero-order valence-corrected chi connectivity index (χ0v) is 24.1. The summed E-state index contributed by atoms with van der Waals surface area (Å²) in [4.78, 5) is 41.2. The van der Waals surface area contributed by atoms with Crippen LogP contribution in [0.5, 0.6) is 0 Å². The number of benzene rings is 4. The summed E-state index contributed by atoms with van der Waals surface area (Å²) in [6.45, 7) is 3.74. The molecular weight excluding hydrogens is 543 g/mol. The molecule has 1 N–H and O–H groups in total. The number of nitrogens with zero attached hydrogens (tertiary/aromatic N) is 1. The fraction of sp³-hybridized carbons (Fsp3) is 0.194.